The van der Waals surface area contributed by atoms with Crippen LogP contribution in [0.3, 0.4) is 0 Å². The summed E-state index contributed by atoms with van der Waals surface area (Å²) >= 11 is 12.1. The van der Waals surface area contributed by atoms with Crippen LogP contribution in [0.4, 0.5) is 5.69 Å². The van der Waals surface area contributed by atoms with Gasteiger partial charge < -0.3 is 5.32 Å². The van der Waals surface area contributed by atoms with Gasteiger partial charge in [0.1, 0.15) is 6.54 Å². The number of carbonyl (C=O) groups excluding carboxylic acids is 1. The molecule has 1 aliphatic carbocycles. The van der Waals surface area contributed by atoms with E-state index in [1.807, 2.05) is 0 Å². The second kappa shape index (κ2) is 9.16. The summed E-state index contributed by atoms with van der Waals surface area (Å²) in [7, 11) is -3.95. The van der Waals surface area contributed by atoms with Gasteiger partial charge in [0.25, 0.3) is 10.0 Å². The number of anilines is 1. The summed E-state index contributed by atoms with van der Waals surface area (Å²) in [6.45, 7) is -0.328. The molecule has 0 unspecified atom stereocenters. The first-order chi connectivity index (χ1) is 13.4. The minimum atomic E-state index is -3.95. The molecule has 0 aliphatic heterocycles. The Labute approximate surface area is 175 Å². The molecule has 2 aromatic rings. The van der Waals surface area contributed by atoms with Gasteiger partial charge in [-0.2, -0.15) is 0 Å². The molecule has 28 heavy (non-hydrogen) atoms. The molecule has 0 bridgehead atoms. The second-order valence-electron chi connectivity index (χ2n) is 6.83. The number of sulfonamides is 1. The van der Waals surface area contributed by atoms with E-state index in [2.05, 4.69) is 5.32 Å². The highest BCUT2D eigenvalue weighted by molar-refractivity contribution is 7.92. The van der Waals surface area contributed by atoms with Gasteiger partial charge in [-0.1, -0.05) is 60.7 Å². The van der Waals surface area contributed by atoms with E-state index in [0.717, 1.165) is 30.0 Å². The van der Waals surface area contributed by atoms with E-state index in [9.17, 15) is 13.2 Å². The fraction of sp³-hybridized carbons (Fsp3) is 0.350. The summed E-state index contributed by atoms with van der Waals surface area (Å²) in [5, 5.41) is 3.50. The molecule has 0 heterocycles. The molecule has 0 aromatic heterocycles. The van der Waals surface area contributed by atoms with Crippen LogP contribution in [-0.2, 0) is 14.8 Å². The number of nitrogens with zero attached hydrogens (tertiary/aromatic N) is 1. The number of hydrogen-bond acceptors (Lipinski definition) is 3. The Balaban J connectivity index is 1.90. The van der Waals surface area contributed by atoms with Crippen molar-refractivity contribution >= 4 is 44.8 Å². The number of hydrogen-bond donors (Lipinski definition) is 1. The van der Waals surface area contributed by atoms with Gasteiger partial charge in [0.2, 0.25) is 5.91 Å². The Morgan fingerprint density at radius 3 is 2.32 bits per heavy atom. The van der Waals surface area contributed by atoms with Crippen LogP contribution in [0.2, 0.25) is 10.0 Å². The highest BCUT2D eigenvalue weighted by Crippen LogP contribution is 2.30. The standard InChI is InChI=1S/C20H22Cl2N2O3S/c21-18-12-11-16(13-19(18)22)24(28(26,27)17-9-5-2-6-10-17)14-20(25)23-15-7-3-1-4-8-15/h2,5-6,9-13,15H,1,3-4,7-8,14H2,(H,23,25). The van der Waals surface area contributed by atoms with Crippen LogP contribution >= 0.6 is 23.2 Å². The lowest BCUT2D eigenvalue weighted by Crippen LogP contribution is -2.44. The Morgan fingerprint density at radius 1 is 1.00 bits per heavy atom. The SMILES string of the molecule is O=C(CN(c1ccc(Cl)c(Cl)c1)S(=O)(=O)c1ccccc1)NC1CCCCC1. The molecule has 0 saturated heterocycles. The highest BCUT2D eigenvalue weighted by Gasteiger charge is 2.28. The predicted octanol–water partition coefficient (Wildman–Crippen LogP) is 4.64. The molecule has 5 nitrogen and oxygen atoms in total. The summed E-state index contributed by atoms with van der Waals surface area (Å²) in [5.41, 5.74) is 0.289. The maximum atomic E-state index is 13.2. The van der Waals surface area contributed by atoms with E-state index in [1.165, 1.54) is 30.7 Å². The third kappa shape index (κ3) is 4.99. The number of amides is 1. The first-order valence-corrected chi connectivity index (χ1v) is 11.4. The monoisotopic (exact) mass is 440 g/mol. The minimum absolute atomic E-state index is 0.0938. The summed E-state index contributed by atoms with van der Waals surface area (Å²) in [6.07, 6.45) is 5.16. The van der Waals surface area contributed by atoms with Crippen molar-refractivity contribution in [1.29, 1.82) is 0 Å². The maximum Gasteiger partial charge on any atom is 0.264 e. The fourth-order valence-corrected chi connectivity index (χ4v) is 5.05. The first kappa shape index (κ1) is 21.0. The van der Waals surface area contributed by atoms with Gasteiger partial charge >= 0.3 is 0 Å². The summed E-state index contributed by atoms with van der Waals surface area (Å²) < 4.78 is 27.5. The molecule has 0 radical (unpaired) electrons. The van der Waals surface area contributed by atoms with E-state index >= 15 is 0 Å². The third-order valence-electron chi connectivity index (χ3n) is 4.78. The number of rotatable bonds is 6. The molecule has 8 heteroatoms. The van der Waals surface area contributed by atoms with Gasteiger partial charge in [-0.15, -0.1) is 0 Å². The molecule has 1 saturated carbocycles. The Bertz CT molecular complexity index is 930. The lowest BCUT2D eigenvalue weighted by Gasteiger charge is -2.27. The number of nitrogens with one attached hydrogen (secondary N) is 1. The van der Waals surface area contributed by atoms with Gasteiger partial charge in [-0.05, 0) is 43.2 Å². The van der Waals surface area contributed by atoms with Crippen LogP contribution in [0, 0.1) is 0 Å². The van der Waals surface area contributed by atoms with Gasteiger partial charge in [0, 0.05) is 6.04 Å². The summed E-state index contributed by atoms with van der Waals surface area (Å²) in [6, 6.07) is 12.6. The molecular formula is C20H22Cl2N2O3S. The van der Waals surface area contributed by atoms with Crippen LogP contribution in [-0.4, -0.2) is 26.9 Å². The zero-order valence-corrected chi connectivity index (χ0v) is 17.6. The molecule has 2 aromatic carbocycles. The molecule has 0 spiro atoms. The lowest BCUT2D eigenvalue weighted by molar-refractivity contribution is -0.120. The van der Waals surface area contributed by atoms with Crippen molar-refractivity contribution in [3.8, 4) is 0 Å². The van der Waals surface area contributed by atoms with Gasteiger partial charge in [0.05, 0.1) is 20.6 Å². The fourth-order valence-electron chi connectivity index (χ4n) is 3.33. The number of carbonyl (C=O) groups is 1. The Hall–Kier alpha value is -1.76. The smallest absolute Gasteiger partial charge is 0.264 e. The zero-order valence-electron chi connectivity index (χ0n) is 15.3. The van der Waals surface area contributed by atoms with Gasteiger partial charge in [-0.25, -0.2) is 8.42 Å². The molecule has 3 rings (SSSR count). The predicted molar refractivity (Wildman–Crippen MR) is 112 cm³/mol. The van der Waals surface area contributed by atoms with Crippen LogP contribution in [0.25, 0.3) is 0 Å². The van der Waals surface area contributed by atoms with E-state index in [4.69, 9.17) is 23.2 Å². The van der Waals surface area contributed by atoms with Crippen LogP contribution < -0.4 is 9.62 Å². The summed E-state index contributed by atoms with van der Waals surface area (Å²) in [4.78, 5) is 12.8. The number of halogens is 2. The average molecular weight is 441 g/mol. The lowest BCUT2D eigenvalue weighted by atomic mass is 9.95. The largest absolute Gasteiger partial charge is 0.352 e. The van der Waals surface area contributed by atoms with Crippen molar-refractivity contribution in [3.05, 3.63) is 58.6 Å². The second-order valence-corrected chi connectivity index (χ2v) is 9.50. The van der Waals surface area contributed by atoms with Crippen molar-refractivity contribution in [1.82, 2.24) is 5.32 Å². The number of benzene rings is 2. The Morgan fingerprint density at radius 2 is 1.68 bits per heavy atom. The van der Waals surface area contributed by atoms with Crippen molar-refractivity contribution in [2.45, 2.75) is 43.0 Å². The van der Waals surface area contributed by atoms with Gasteiger partial charge in [0.15, 0.2) is 0 Å². The van der Waals surface area contributed by atoms with E-state index in [-0.39, 0.29) is 34.1 Å². The molecule has 1 N–H and O–H groups in total. The van der Waals surface area contributed by atoms with Crippen LogP contribution in [0.5, 0.6) is 0 Å². The third-order valence-corrected chi connectivity index (χ3v) is 7.31. The molecule has 1 fully saturated rings. The molecule has 1 amide bonds. The van der Waals surface area contributed by atoms with E-state index < -0.39 is 10.0 Å². The summed E-state index contributed by atoms with van der Waals surface area (Å²) in [5.74, 6) is -0.336. The van der Waals surface area contributed by atoms with Crippen molar-refractivity contribution in [2.24, 2.45) is 0 Å². The normalized spacial score (nSPS) is 15.2. The van der Waals surface area contributed by atoms with Crippen LogP contribution in [0.1, 0.15) is 32.1 Å². The first-order valence-electron chi connectivity index (χ1n) is 9.20. The average Bonchev–Trinajstić information content (AvgIpc) is 2.70. The van der Waals surface area contributed by atoms with E-state index in [1.54, 1.807) is 24.3 Å². The van der Waals surface area contributed by atoms with Crippen molar-refractivity contribution in [3.63, 3.8) is 0 Å². The molecule has 0 atom stereocenters. The minimum Gasteiger partial charge on any atom is -0.352 e. The highest BCUT2D eigenvalue weighted by atomic mass is 35.5. The molecule has 1 aliphatic rings. The van der Waals surface area contributed by atoms with Crippen molar-refractivity contribution < 1.29 is 13.2 Å². The zero-order chi connectivity index (χ0) is 20.1. The maximum absolute atomic E-state index is 13.2. The van der Waals surface area contributed by atoms with Crippen molar-refractivity contribution in [2.75, 3.05) is 10.8 Å². The topological polar surface area (TPSA) is 66.5 Å². The Kier molecular flexibility index (Phi) is 6.86. The van der Waals surface area contributed by atoms with Gasteiger partial charge in [-0.3, -0.25) is 9.10 Å². The van der Waals surface area contributed by atoms with E-state index in [0.29, 0.717) is 5.02 Å². The molecule has 150 valence electrons. The quantitative estimate of drug-likeness (QED) is 0.711. The molecular weight excluding hydrogens is 419 g/mol. The van der Waals surface area contributed by atoms with Crippen LogP contribution in [0.15, 0.2) is 53.4 Å².